The van der Waals surface area contributed by atoms with Crippen molar-refractivity contribution in [2.75, 3.05) is 33.7 Å². The van der Waals surface area contributed by atoms with Gasteiger partial charge in [-0.2, -0.15) is 0 Å². The molecule has 6 nitrogen and oxygen atoms in total. The molecule has 25 heavy (non-hydrogen) atoms. The Kier molecular flexibility index (Phi) is 6.89. The molecule has 1 heterocycles. The van der Waals surface area contributed by atoms with E-state index in [2.05, 4.69) is 14.9 Å². The Balaban J connectivity index is 2.40. The number of rotatable bonds is 8. The van der Waals surface area contributed by atoms with Crippen molar-refractivity contribution in [3.63, 3.8) is 0 Å². The van der Waals surface area contributed by atoms with Gasteiger partial charge < -0.3 is 14.5 Å². The summed E-state index contributed by atoms with van der Waals surface area (Å²) in [5.74, 6) is 1.27. The molecule has 0 unspecified atom stereocenters. The molecule has 134 valence electrons. The van der Waals surface area contributed by atoms with Crippen molar-refractivity contribution in [1.82, 2.24) is 19.8 Å². The summed E-state index contributed by atoms with van der Waals surface area (Å²) >= 11 is 0. The average molecular weight is 342 g/mol. The SMILES string of the molecule is CCN(CC)C(=O)c1cccc(Oc2cncnc2)c1CCN(C)C. The van der Waals surface area contributed by atoms with Crippen LogP contribution >= 0.6 is 0 Å². The van der Waals surface area contributed by atoms with Crippen LogP contribution in [0.2, 0.25) is 0 Å². The van der Waals surface area contributed by atoms with Gasteiger partial charge in [-0.3, -0.25) is 4.79 Å². The lowest BCUT2D eigenvalue weighted by atomic mass is 10.0. The van der Waals surface area contributed by atoms with Crippen LogP contribution in [0.25, 0.3) is 0 Å². The first-order valence-electron chi connectivity index (χ1n) is 8.55. The summed E-state index contributed by atoms with van der Waals surface area (Å²) in [6.45, 7) is 6.16. The van der Waals surface area contributed by atoms with Crippen molar-refractivity contribution >= 4 is 5.91 Å². The predicted molar refractivity (Wildman–Crippen MR) is 98.1 cm³/mol. The van der Waals surface area contributed by atoms with E-state index in [0.29, 0.717) is 30.2 Å². The predicted octanol–water partition coefficient (Wildman–Crippen LogP) is 2.86. The van der Waals surface area contributed by atoms with Crippen molar-refractivity contribution in [1.29, 1.82) is 0 Å². The van der Waals surface area contributed by atoms with Crippen LogP contribution < -0.4 is 4.74 Å². The number of benzene rings is 1. The summed E-state index contributed by atoms with van der Waals surface area (Å²) in [5, 5.41) is 0. The Morgan fingerprint density at radius 2 is 1.80 bits per heavy atom. The van der Waals surface area contributed by atoms with E-state index in [1.54, 1.807) is 12.4 Å². The van der Waals surface area contributed by atoms with E-state index in [1.165, 1.54) is 6.33 Å². The van der Waals surface area contributed by atoms with Crippen LogP contribution in [0.1, 0.15) is 29.8 Å². The van der Waals surface area contributed by atoms with Crippen LogP contribution in [0.5, 0.6) is 11.5 Å². The minimum atomic E-state index is 0.0357. The van der Waals surface area contributed by atoms with Gasteiger partial charge in [-0.25, -0.2) is 9.97 Å². The Morgan fingerprint density at radius 3 is 2.40 bits per heavy atom. The summed E-state index contributed by atoms with van der Waals surface area (Å²) in [7, 11) is 4.03. The van der Waals surface area contributed by atoms with Crippen molar-refractivity contribution in [2.45, 2.75) is 20.3 Å². The summed E-state index contributed by atoms with van der Waals surface area (Å²) < 4.78 is 5.97. The van der Waals surface area contributed by atoms with Crippen molar-refractivity contribution in [2.24, 2.45) is 0 Å². The molecule has 0 atom stereocenters. The third-order valence-electron chi connectivity index (χ3n) is 3.99. The number of nitrogens with zero attached hydrogens (tertiary/aromatic N) is 4. The fourth-order valence-electron chi connectivity index (χ4n) is 2.60. The number of carbonyl (C=O) groups is 1. The number of ether oxygens (including phenoxy) is 1. The highest BCUT2D eigenvalue weighted by Crippen LogP contribution is 2.28. The highest BCUT2D eigenvalue weighted by Gasteiger charge is 2.20. The number of likely N-dealkylation sites (N-methyl/N-ethyl adjacent to an activating group) is 1. The minimum absolute atomic E-state index is 0.0357. The number of hydrogen-bond donors (Lipinski definition) is 0. The summed E-state index contributed by atoms with van der Waals surface area (Å²) in [5.41, 5.74) is 1.61. The highest BCUT2D eigenvalue weighted by atomic mass is 16.5. The molecule has 2 aromatic rings. The molecule has 1 aromatic heterocycles. The zero-order valence-electron chi connectivity index (χ0n) is 15.4. The van der Waals surface area contributed by atoms with Gasteiger partial charge in [0.2, 0.25) is 0 Å². The molecule has 0 saturated heterocycles. The summed E-state index contributed by atoms with van der Waals surface area (Å²) in [6, 6.07) is 5.62. The van der Waals surface area contributed by atoms with Gasteiger partial charge in [0.05, 0.1) is 12.4 Å². The van der Waals surface area contributed by atoms with E-state index < -0.39 is 0 Å². The van der Waals surface area contributed by atoms with Gasteiger partial charge >= 0.3 is 0 Å². The Morgan fingerprint density at radius 1 is 1.12 bits per heavy atom. The first-order valence-corrected chi connectivity index (χ1v) is 8.55. The highest BCUT2D eigenvalue weighted by molar-refractivity contribution is 5.96. The van der Waals surface area contributed by atoms with E-state index in [1.807, 2.05) is 51.0 Å². The van der Waals surface area contributed by atoms with Gasteiger partial charge in [-0.15, -0.1) is 0 Å². The van der Waals surface area contributed by atoms with Crippen molar-refractivity contribution < 1.29 is 9.53 Å². The second-order valence-electron chi connectivity index (χ2n) is 5.99. The summed E-state index contributed by atoms with van der Waals surface area (Å²) in [4.78, 5) is 24.8. The number of amides is 1. The number of hydrogen-bond acceptors (Lipinski definition) is 5. The Labute approximate surface area is 149 Å². The van der Waals surface area contributed by atoms with Gasteiger partial charge in [0.1, 0.15) is 12.1 Å². The normalized spacial score (nSPS) is 10.8. The maximum Gasteiger partial charge on any atom is 0.254 e. The molecule has 0 bridgehead atoms. The Hall–Kier alpha value is -2.47. The average Bonchev–Trinajstić information content (AvgIpc) is 2.62. The van der Waals surface area contributed by atoms with Crippen LogP contribution in [0.4, 0.5) is 0 Å². The third-order valence-corrected chi connectivity index (χ3v) is 3.99. The first-order chi connectivity index (χ1) is 12.1. The van der Waals surface area contributed by atoms with Crippen molar-refractivity contribution in [3.05, 3.63) is 48.0 Å². The molecule has 0 spiro atoms. The molecule has 1 amide bonds. The minimum Gasteiger partial charge on any atom is -0.454 e. The van der Waals surface area contributed by atoms with Crippen LogP contribution in [-0.2, 0) is 6.42 Å². The van der Waals surface area contributed by atoms with Crippen LogP contribution in [-0.4, -0.2) is 59.4 Å². The molecule has 0 aliphatic heterocycles. The summed E-state index contributed by atoms with van der Waals surface area (Å²) in [6.07, 6.45) is 5.41. The number of aromatic nitrogens is 2. The molecule has 0 fully saturated rings. The monoisotopic (exact) mass is 342 g/mol. The first kappa shape index (κ1) is 18.9. The molecular weight excluding hydrogens is 316 g/mol. The standard InChI is InChI=1S/C19H26N4O2/c1-5-23(6-2)19(24)17-8-7-9-18(16(17)10-11-22(3)4)25-15-12-20-14-21-13-15/h7-9,12-14H,5-6,10-11H2,1-4H3. The van der Waals surface area contributed by atoms with Gasteiger partial charge in [0, 0.05) is 30.8 Å². The van der Waals surface area contributed by atoms with E-state index in [-0.39, 0.29) is 5.91 Å². The van der Waals surface area contributed by atoms with E-state index >= 15 is 0 Å². The van der Waals surface area contributed by atoms with Crippen LogP contribution in [0.15, 0.2) is 36.9 Å². The molecule has 6 heteroatoms. The lowest BCUT2D eigenvalue weighted by Gasteiger charge is -2.22. The zero-order valence-corrected chi connectivity index (χ0v) is 15.4. The second-order valence-corrected chi connectivity index (χ2v) is 5.99. The quantitative estimate of drug-likeness (QED) is 0.738. The van der Waals surface area contributed by atoms with E-state index in [0.717, 1.165) is 18.5 Å². The molecule has 0 saturated carbocycles. The molecule has 0 aliphatic rings. The molecule has 0 N–H and O–H groups in total. The molecule has 1 aromatic carbocycles. The molecule has 0 radical (unpaired) electrons. The smallest absolute Gasteiger partial charge is 0.254 e. The van der Waals surface area contributed by atoms with Crippen LogP contribution in [0, 0.1) is 0 Å². The van der Waals surface area contributed by atoms with Gasteiger partial charge in [-0.05, 0) is 46.5 Å². The third kappa shape index (κ3) is 5.00. The van der Waals surface area contributed by atoms with Gasteiger partial charge in [0.15, 0.2) is 5.75 Å². The molecular formula is C19H26N4O2. The zero-order chi connectivity index (χ0) is 18.2. The molecule has 0 aliphatic carbocycles. The van der Waals surface area contributed by atoms with Gasteiger partial charge in [0.25, 0.3) is 5.91 Å². The topological polar surface area (TPSA) is 58.6 Å². The Bertz CT molecular complexity index is 685. The number of carbonyl (C=O) groups excluding carboxylic acids is 1. The molecule has 2 rings (SSSR count). The largest absolute Gasteiger partial charge is 0.454 e. The fourth-order valence-corrected chi connectivity index (χ4v) is 2.60. The fraction of sp³-hybridized carbons (Fsp3) is 0.421. The van der Waals surface area contributed by atoms with Gasteiger partial charge in [-0.1, -0.05) is 6.07 Å². The van der Waals surface area contributed by atoms with Crippen molar-refractivity contribution in [3.8, 4) is 11.5 Å². The lowest BCUT2D eigenvalue weighted by Crippen LogP contribution is -2.31. The van der Waals surface area contributed by atoms with E-state index in [4.69, 9.17) is 4.74 Å². The van der Waals surface area contributed by atoms with Crippen LogP contribution in [0.3, 0.4) is 0 Å². The second kappa shape index (κ2) is 9.13. The van der Waals surface area contributed by atoms with E-state index in [9.17, 15) is 4.79 Å². The lowest BCUT2D eigenvalue weighted by molar-refractivity contribution is 0.0771. The maximum atomic E-state index is 12.9. The maximum absolute atomic E-state index is 12.9.